The van der Waals surface area contributed by atoms with Crippen molar-refractivity contribution in [3.8, 4) is 17.2 Å². The molecule has 2 heterocycles. The third kappa shape index (κ3) is 4.05. The number of hydrogen-bond acceptors (Lipinski definition) is 5. The van der Waals surface area contributed by atoms with Crippen molar-refractivity contribution < 1.29 is 29.3 Å². The van der Waals surface area contributed by atoms with E-state index in [1.54, 1.807) is 13.0 Å². The fourth-order valence-electron chi connectivity index (χ4n) is 4.23. The summed E-state index contributed by atoms with van der Waals surface area (Å²) in [6, 6.07) is 0. The first-order chi connectivity index (χ1) is 14.1. The number of carboxylic acids is 1. The van der Waals surface area contributed by atoms with Gasteiger partial charge in [-0.2, -0.15) is 0 Å². The Morgan fingerprint density at radius 2 is 1.93 bits per heavy atom. The summed E-state index contributed by atoms with van der Waals surface area (Å²) in [5, 5.41) is 20.6. The van der Waals surface area contributed by atoms with Crippen molar-refractivity contribution in [3.05, 3.63) is 22.8 Å². The fourth-order valence-corrected chi connectivity index (χ4v) is 4.23. The Labute approximate surface area is 177 Å². The van der Waals surface area contributed by atoms with Crippen LogP contribution in [0.1, 0.15) is 94.1 Å². The number of aliphatic carboxylic acids is 1. The van der Waals surface area contributed by atoms with E-state index in [1.807, 2.05) is 26.8 Å². The van der Waals surface area contributed by atoms with Crippen LogP contribution in [0.2, 0.25) is 0 Å². The van der Waals surface area contributed by atoms with Crippen molar-refractivity contribution in [2.75, 3.05) is 0 Å². The third-order valence-corrected chi connectivity index (χ3v) is 6.12. The number of Topliss-reactive ketones (excluding diaryl/α,β-unsaturated/α-hetero) is 1. The zero-order valence-corrected chi connectivity index (χ0v) is 18.4. The van der Waals surface area contributed by atoms with Gasteiger partial charge in [-0.1, -0.05) is 33.1 Å². The molecule has 1 aromatic carbocycles. The highest BCUT2D eigenvalue weighted by Crippen LogP contribution is 2.53. The number of carboxylic acid groups (broad SMARTS) is 1. The summed E-state index contributed by atoms with van der Waals surface area (Å²) in [5.74, 6) is -1.33. The molecule has 0 fully saturated rings. The van der Waals surface area contributed by atoms with Crippen LogP contribution in [0.4, 0.5) is 0 Å². The van der Waals surface area contributed by atoms with Crippen LogP contribution in [0, 0.1) is 5.92 Å². The van der Waals surface area contributed by atoms with E-state index >= 15 is 0 Å². The highest BCUT2D eigenvalue weighted by Gasteiger charge is 2.42. The predicted octanol–water partition coefficient (Wildman–Crippen LogP) is 5.31. The Bertz CT molecular complexity index is 882. The van der Waals surface area contributed by atoms with Crippen LogP contribution >= 0.6 is 0 Å². The van der Waals surface area contributed by atoms with Gasteiger partial charge in [0.25, 0.3) is 0 Å². The first-order valence-electron chi connectivity index (χ1n) is 10.8. The number of carbonyl (C=O) groups excluding carboxylic acids is 1. The zero-order valence-electron chi connectivity index (χ0n) is 18.4. The number of rotatable bonds is 7. The van der Waals surface area contributed by atoms with E-state index < -0.39 is 17.5 Å². The van der Waals surface area contributed by atoms with Crippen LogP contribution < -0.4 is 9.47 Å². The molecule has 30 heavy (non-hydrogen) atoms. The molecule has 164 valence electrons. The first-order valence-corrected chi connectivity index (χ1v) is 10.8. The fraction of sp³-hybridized carbons (Fsp3) is 0.583. The minimum atomic E-state index is -0.916. The molecule has 3 rings (SSSR count). The van der Waals surface area contributed by atoms with Crippen molar-refractivity contribution in [1.29, 1.82) is 0 Å². The molecule has 0 amide bonds. The predicted molar refractivity (Wildman–Crippen MR) is 115 cm³/mol. The normalized spacial score (nSPS) is 22.5. The van der Waals surface area contributed by atoms with Crippen molar-refractivity contribution >= 4 is 17.8 Å². The Balaban J connectivity index is 2.27. The SMILES string of the molecule is CCCCCC(CC(=O)O)c1c2c(c(O)c3c1O[C@H](C)[C@@H](C)C3=O)C=CC(C)(C)O2. The summed E-state index contributed by atoms with van der Waals surface area (Å²) in [4.78, 5) is 24.8. The lowest BCUT2D eigenvalue weighted by molar-refractivity contribution is -0.137. The number of ether oxygens (including phenoxy) is 2. The highest BCUT2D eigenvalue weighted by molar-refractivity contribution is 6.06. The third-order valence-electron chi connectivity index (χ3n) is 6.12. The molecule has 0 aromatic heterocycles. The van der Waals surface area contributed by atoms with Gasteiger partial charge in [-0.05, 0) is 39.3 Å². The van der Waals surface area contributed by atoms with E-state index in [9.17, 15) is 19.8 Å². The maximum atomic E-state index is 13.1. The second-order valence-corrected chi connectivity index (χ2v) is 9.01. The van der Waals surface area contributed by atoms with Crippen LogP contribution in [0.15, 0.2) is 6.08 Å². The number of ketones is 1. The number of fused-ring (bicyclic) bond motifs is 2. The lowest BCUT2D eigenvalue weighted by Gasteiger charge is -2.37. The van der Waals surface area contributed by atoms with Crippen molar-refractivity contribution in [1.82, 2.24) is 0 Å². The highest BCUT2D eigenvalue weighted by atomic mass is 16.5. The first kappa shape index (κ1) is 22.2. The number of carbonyl (C=O) groups is 2. The molecule has 0 spiro atoms. The van der Waals surface area contributed by atoms with Gasteiger partial charge in [-0.15, -0.1) is 0 Å². The van der Waals surface area contributed by atoms with Crippen LogP contribution in [0.5, 0.6) is 17.2 Å². The Morgan fingerprint density at radius 3 is 2.57 bits per heavy atom. The molecule has 0 saturated heterocycles. The van der Waals surface area contributed by atoms with Gasteiger partial charge in [0, 0.05) is 11.5 Å². The number of benzene rings is 1. The Kier molecular flexibility index (Phi) is 6.16. The monoisotopic (exact) mass is 416 g/mol. The number of aromatic hydroxyl groups is 1. The zero-order chi connectivity index (χ0) is 22.2. The van der Waals surface area contributed by atoms with Crippen molar-refractivity contribution in [3.63, 3.8) is 0 Å². The van der Waals surface area contributed by atoms with Gasteiger partial charge in [-0.3, -0.25) is 9.59 Å². The average molecular weight is 417 g/mol. The number of hydrogen-bond donors (Lipinski definition) is 2. The second kappa shape index (κ2) is 8.32. The van der Waals surface area contributed by atoms with Crippen LogP contribution in [0.25, 0.3) is 6.08 Å². The van der Waals surface area contributed by atoms with E-state index in [4.69, 9.17) is 9.47 Å². The second-order valence-electron chi connectivity index (χ2n) is 9.01. The molecule has 0 saturated carbocycles. The standard InChI is InChI=1S/C24H32O6/c1-6-7-8-9-15(12-17(25)26)18-22-16(10-11-24(4,5)30-22)21(28)19-20(27)13(2)14(3)29-23(18)19/h10-11,13-15,28H,6-9,12H2,1-5H3,(H,25,26)/t13-,14-,15?/m1/s1. The molecule has 3 atom stereocenters. The van der Waals surface area contributed by atoms with Crippen molar-refractivity contribution in [2.45, 2.75) is 84.3 Å². The lowest BCUT2D eigenvalue weighted by Crippen LogP contribution is -2.36. The minimum Gasteiger partial charge on any atom is -0.506 e. The van der Waals surface area contributed by atoms with Crippen molar-refractivity contribution in [2.24, 2.45) is 5.92 Å². The molecule has 1 aromatic rings. The molecule has 6 nitrogen and oxygen atoms in total. The van der Waals surface area contributed by atoms with Gasteiger partial charge in [0.1, 0.15) is 34.5 Å². The van der Waals surface area contributed by atoms with Gasteiger partial charge in [0.05, 0.1) is 17.9 Å². The van der Waals surface area contributed by atoms with E-state index in [2.05, 4.69) is 6.92 Å². The molecule has 0 radical (unpaired) electrons. The molecule has 0 bridgehead atoms. The number of phenols is 1. The summed E-state index contributed by atoms with van der Waals surface area (Å²) in [6.45, 7) is 9.48. The maximum absolute atomic E-state index is 13.1. The molecule has 1 unspecified atom stereocenters. The van der Waals surface area contributed by atoms with Gasteiger partial charge in [0.2, 0.25) is 0 Å². The van der Waals surface area contributed by atoms with Crippen LogP contribution in [0.3, 0.4) is 0 Å². The minimum absolute atomic E-state index is 0.0949. The summed E-state index contributed by atoms with van der Waals surface area (Å²) in [7, 11) is 0. The topological polar surface area (TPSA) is 93.1 Å². The van der Waals surface area contributed by atoms with Gasteiger partial charge in [-0.25, -0.2) is 0 Å². The Morgan fingerprint density at radius 1 is 1.23 bits per heavy atom. The maximum Gasteiger partial charge on any atom is 0.303 e. The summed E-state index contributed by atoms with van der Waals surface area (Å²) < 4.78 is 12.4. The summed E-state index contributed by atoms with van der Waals surface area (Å²) >= 11 is 0. The van der Waals surface area contributed by atoms with E-state index in [1.165, 1.54) is 0 Å². The van der Waals surface area contributed by atoms with E-state index in [0.717, 1.165) is 19.3 Å². The summed E-state index contributed by atoms with van der Waals surface area (Å²) in [6.07, 6.45) is 6.61. The summed E-state index contributed by atoms with van der Waals surface area (Å²) in [5.41, 5.74) is 0.540. The molecule has 6 heteroatoms. The van der Waals surface area contributed by atoms with Gasteiger partial charge < -0.3 is 19.7 Å². The molecule has 2 aliphatic heterocycles. The average Bonchev–Trinajstić information content (AvgIpc) is 2.64. The largest absolute Gasteiger partial charge is 0.506 e. The quantitative estimate of drug-likeness (QED) is 0.585. The molecule has 2 aliphatic rings. The lowest BCUT2D eigenvalue weighted by atomic mass is 9.81. The molecule has 0 aliphatic carbocycles. The van der Waals surface area contributed by atoms with E-state index in [-0.39, 0.29) is 41.3 Å². The van der Waals surface area contributed by atoms with Gasteiger partial charge >= 0.3 is 5.97 Å². The molecular formula is C24H32O6. The molecular weight excluding hydrogens is 384 g/mol. The number of unbranched alkanes of at least 4 members (excludes halogenated alkanes) is 2. The van der Waals surface area contributed by atoms with Crippen LogP contribution in [-0.2, 0) is 4.79 Å². The number of phenolic OH excluding ortho intramolecular Hbond substituents is 1. The van der Waals surface area contributed by atoms with E-state index in [0.29, 0.717) is 23.3 Å². The Hall–Kier alpha value is -2.50. The smallest absolute Gasteiger partial charge is 0.303 e. The van der Waals surface area contributed by atoms with Crippen LogP contribution in [-0.4, -0.2) is 33.7 Å². The van der Waals surface area contributed by atoms with Gasteiger partial charge in [0.15, 0.2) is 5.78 Å². The molecule has 2 N–H and O–H groups in total.